The molecule has 2 rings (SSSR count). The van der Waals surface area contributed by atoms with E-state index < -0.39 is 11.9 Å². The van der Waals surface area contributed by atoms with Crippen LogP contribution < -0.4 is 22.1 Å². The topological polar surface area (TPSA) is 119 Å². The van der Waals surface area contributed by atoms with Gasteiger partial charge in [-0.2, -0.15) is 0 Å². The molecule has 1 aromatic carbocycles. The number of nitrogens with one attached hydrogen (secondary N) is 2. The van der Waals surface area contributed by atoms with Gasteiger partial charge in [-0.25, -0.2) is 4.79 Å². The highest BCUT2D eigenvalue weighted by Gasteiger charge is 2.16. The van der Waals surface area contributed by atoms with Gasteiger partial charge in [0.15, 0.2) is 0 Å². The van der Waals surface area contributed by atoms with E-state index in [2.05, 4.69) is 10.6 Å². The molecule has 0 saturated heterocycles. The first-order chi connectivity index (χ1) is 11.5. The smallest absolute Gasteiger partial charge is 0.316 e. The highest BCUT2D eigenvalue weighted by molar-refractivity contribution is 7.18. The molecule has 0 aliphatic rings. The van der Waals surface area contributed by atoms with E-state index in [0.717, 1.165) is 29.1 Å². The Morgan fingerprint density at radius 3 is 2.50 bits per heavy atom. The van der Waals surface area contributed by atoms with Crippen molar-refractivity contribution >= 4 is 29.0 Å². The second-order valence-corrected chi connectivity index (χ2v) is 6.13. The third-order valence-corrected chi connectivity index (χ3v) is 4.46. The van der Waals surface area contributed by atoms with Gasteiger partial charge in [-0.3, -0.25) is 4.79 Å². The van der Waals surface area contributed by atoms with Gasteiger partial charge in [0.2, 0.25) is 0 Å². The molecule has 6 N–H and O–H groups in total. The first-order valence-electron chi connectivity index (χ1n) is 7.30. The summed E-state index contributed by atoms with van der Waals surface area (Å²) < 4.78 is 4.98. The zero-order chi connectivity index (χ0) is 17.5. The lowest BCUT2D eigenvalue weighted by Gasteiger charge is -2.05. The third-order valence-electron chi connectivity index (χ3n) is 3.26. The number of ether oxygens (including phenoxy) is 1. The summed E-state index contributed by atoms with van der Waals surface area (Å²) in [7, 11) is 1.67. The lowest BCUT2D eigenvalue weighted by atomic mass is 10.1. The van der Waals surface area contributed by atoms with Crippen LogP contribution in [0.2, 0.25) is 0 Å². The number of carbonyl (C=O) groups is 2. The fourth-order valence-corrected chi connectivity index (χ4v) is 3.11. The number of carbonyl (C=O) groups excluding carboxylic acids is 2. The summed E-state index contributed by atoms with van der Waals surface area (Å²) in [6.07, 6.45) is 0. The van der Waals surface area contributed by atoms with Crippen LogP contribution in [0.15, 0.2) is 30.3 Å². The molecular weight excluding hydrogens is 328 g/mol. The number of anilines is 1. The largest absolute Gasteiger partial charge is 0.383 e. The molecule has 0 radical (unpaired) electrons. The molecule has 24 heavy (non-hydrogen) atoms. The maximum Gasteiger partial charge on any atom is 0.316 e. The molecule has 0 aliphatic carbocycles. The van der Waals surface area contributed by atoms with Crippen LogP contribution in [-0.2, 0) is 11.3 Å². The van der Waals surface area contributed by atoms with Crippen molar-refractivity contribution in [3.05, 3.63) is 40.8 Å². The molecule has 0 saturated carbocycles. The van der Waals surface area contributed by atoms with E-state index in [0.29, 0.717) is 12.3 Å². The van der Waals surface area contributed by atoms with Crippen LogP contribution in [0.4, 0.5) is 10.5 Å². The highest BCUT2D eigenvalue weighted by Crippen LogP contribution is 2.34. The molecule has 0 fully saturated rings. The second kappa shape index (κ2) is 8.44. The summed E-state index contributed by atoms with van der Waals surface area (Å²) in [4.78, 5) is 23.6. The number of primary amides is 2. The van der Waals surface area contributed by atoms with Crippen molar-refractivity contribution in [1.82, 2.24) is 5.32 Å². The number of benzene rings is 1. The molecule has 0 bridgehead atoms. The van der Waals surface area contributed by atoms with Crippen LogP contribution in [0, 0.1) is 0 Å². The average molecular weight is 348 g/mol. The van der Waals surface area contributed by atoms with E-state index in [-0.39, 0.29) is 4.88 Å². The van der Waals surface area contributed by atoms with Crippen LogP contribution in [0.25, 0.3) is 10.4 Å². The van der Waals surface area contributed by atoms with Crippen LogP contribution in [0.5, 0.6) is 0 Å². The fourth-order valence-electron chi connectivity index (χ4n) is 2.14. The van der Waals surface area contributed by atoms with Crippen molar-refractivity contribution in [2.24, 2.45) is 11.5 Å². The number of hydrogen-bond acceptors (Lipinski definition) is 5. The van der Waals surface area contributed by atoms with E-state index >= 15 is 0 Å². The summed E-state index contributed by atoms with van der Waals surface area (Å²) in [5.74, 6) is -0.603. The number of hydrogen-bond donors (Lipinski definition) is 4. The lowest BCUT2D eigenvalue weighted by Crippen LogP contribution is -2.21. The summed E-state index contributed by atoms with van der Waals surface area (Å²) in [6.45, 7) is 2.20. The Balaban J connectivity index is 2.13. The number of amides is 3. The number of thiophene rings is 1. The van der Waals surface area contributed by atoms with E-state index in [9.17, 15) is 9.59 Å². The zero-order valence-corrected chi connectivity index (χ0v) is 14.1. The van der Waals surface area contributed by atoms with E-state index in [1.165, 1.54) is 11.3 Å². The van der Waals surface area contributed by atoms with Crippen molar-refractivity contribution < 1.29 is 14.3 Å². The molecule has 1 aromatic heterocycles. The van der Waals surface area contributed by atoms with Crippen LogP contribution >= 0.6 is 11.3 Å². The molecular formula is C16H20N4O3S. The summed E-state index contributed by atoms with van der Waals surface area (Å²) in [5.41, 5.74) is 12.9. The summed E-state index contributed by atoms with van der Waals surface area (Å²) >= 11 is 1.22. The summed E-state index contributed by atoms with van der Waals surface area (Å²) in [6, 6.07) is 8.87. The van der Waals surface area contributed by atoms with Gasteiger partial charge in [-0.1, -0.05) is 24.3 Å². The van der Waals surface area contributed by atoms with Crippen molar-refractivity contribution in [2.75, 3.05) is 25.6 Å². The van der Waals surface area contributed by atoms with Gasteiger partial charge in [0, 0.05) is 25.1 Å². The molecule has 128 valence electrons. The lowest BCUT2D eigenvalue weighted by molar-refractivity contribution is 0.100. The zero-order valence-electron chi connectivity index (χ0n) is 13.3. The molecule has 0 spiro atoms. The molecule has 2 aromatic rings. The van der Waals surface area contributed by atoms with Gasteiger partial charge in [0.25, 0.3) is 5.91 Å². The number of nitrogens with two attached hydrogens (primary N) is 2. The molecule has 8 heteroatoms. The van der Waals surface area contributed by atoms with E-state index in [1.807, 2.05) is 24.3 Å². The van der Waals surface area contributed by atoms with Gasteiger partial charge in [0.1, 0.15) is 4.88 Å². The van der Waals surface area contributed by atoms with E-state index in [1.54, 1.807) is 13.2 Å². The molecule has 7 nitrogen and oxygen atoms in total. The van der Waals surface area contributed by atoms with Gasteiger partial charge in [0.05, 0.1) is 12.3 Å². The Hall–Kier alpha value is -2.42. The maximum atomic E-state index is 11.5. The highest BCUT2D eigenvalue weighted by atomic mass is 32.1. The van der Waals surface area contributed by atoms with Crippen LogP contribution in [0.1, 0.15) is 15.2 Å². The average Bonchev–Trinajstić information content (AvgIpc) is 2.95. The molecule has 1 heterocycles. The monoisotopic (exact) mass is 348 g/mol. The molecule has 0 aliphatic heterocycles. The Labute approximate surface area is 144 Å². The Morgan fingerprint density at radius 2 is 1.92 bits per heavy atom. The normalized spacial score (nSPS) is 10.5. The first-order valence-corrected chi connectivity index (χ1v) is 8.12. The third kappa shape index (κ3) is 4.79. The summed E-state index contributed by atoms with van der Waals surface area (Å²) in [5, 5.41) is 5.69. The van der Waals surface area contributed by atoms with Gasteiger partial charge >= 0.3 is 6.03 Å². The fraction of sp³-hybridized carbons (Fsp3) is 0.250. The SMILES string of the molecule is COCCNCc1ccc(-c2cc(NC(N)=O)c(C(N)=O)s2)cc1. The van der Waals surface area contributed by atoms with Crippen molar-refractivity contribution in [3.8, 4) is 10.4 Å². The van der Waals surface area contributed by atoms with Crippen molar-refractivity contribution in [1.29, 1.82) is 0 Å². The van der Waals surface area contributed by atoms with Crippen molar-refractivity contribution in [2.45, 2.75) is 6.54 Å². The molecule has 0 atom stereocenters. The minimum Gasteiger partial charge on any atom is -0.383 e. The molecule has 3 amide bonds. The van der Waals surface area contributed by atoms with Crippen LogP contribution in [0.3, 0.4) is 0 Å². The molecule has 0 unspecified atom stereocenters. The van der Waals surface area contributed by atoms with Gasteiger partial charge < -0.3 is 26.8 Å². The predicted molar refractivity (Wildman–Crippen MR) is 95.1 cm³/mol. The Bertz CT molecular complexity index is 713. The van der Waals surface area contributed by atoms with Crippen molar-refractivity contribution in [3.63, 3.8) is 0 Å². The maximum absolute atomic E-state index is 11.5. The standard InChI is InChI=1S/C16H20N4O3S/c1-23-7-6-19-9-10-2-4-11(5-3-10)13-8-12(20-16(18)22)14(24-13)15(17)21/h2-5,8,19H,6-7,9H2,1H3,(H2,17,21)(H3,18,20,22). The van der Waals surface area contributed by atoms with Gasteiger partial charge in [-0.15, -0.1) is 11.3 Å². The number of methoxy groups -OCH3 is 1. The first kappa shape index (κ1) is 17.9. The Kier molecular flexibility index (Phi) is 6.30. The number of urea groups is 1. The van der Waals surface area contributed by atoms with Gasteiger partial charge in [-0.05, 0) is 17.2 Å². The Morgan fingerprint density at radius 1 is 1.21 bits per heavy atom. The van der Waals surface area contributed by atoms with Crippen LogP contribution in [-0.4, -0.2) is 32.2 Å². The minimum absolute atomic E-state index is 0.272. The quantitative estimate of drug-likeness (QED) is 0.543. The van der Waals surface area contributed by atoms with E-state index in [4.69, 9.17) is 16.2 Å². The number of rotatable bonds is 8. The predicted octanol–water partition coefficient (Wildman–Crippen LogP) is 1.74. The second-order valence-electron chi connectivity index (χ2n) is 5.07. The minimum atomic E-state index is -0.737.